The maximum Gasteiger partial charge on any atom is 0.310 e. The number of aromatic nitrogens is 3. The molecule has 2 heterocycles. The van der Waals surface area contributed by atoms with Gasteiger partial charge in [0.2, 0.25) is 10.0 Å². The van der Waals surface area contributed by atoms with Crippen LogP contribution in [0, 0.1) is 25.2 Å². The summed E-state index contributed by atoms with van der Waals surface area (Å²) in [7, 11) is -1.90. The highest BCUT2D eigenvalue weighted by atomic mass is 32.2. The van der Waals surface area contributed by atoms with Gasteiger partial charge in [0.1, 0.15) is 5.52 Å². The maximum atomic E-state index is 14.0. The topological polar surface area (TPSA) is 105 Å². The van der Waals surface area contributed by atoms with Crippen molar-refractivity contribution >= 4 is 27.0 Å². The minimum atomic E-state index is -3.73. The Morgan fingerprint density at radius 2 is 1.86 bits per heavy atom. The molecule has 3 aromatic carbocycles. The molecular formula is C33H40N4O4S. The van der Waals surface area contributed by atoms with Gasteiger partial charge in [0.15, 0.2) is 0 Å². The van der Waals surface area contributed by atoms with E-state index in [9.17, 15) is 18.3 Å². The predicted octanol–water partition coefficient (Wildman–Crippen LogP) is 5.99. The van der Waals surface area contributed by atoms with Crippen molar-refractivity contribution < 1.29 is 18.3 Å². The lowest BCUT2D eigenvalue weighted by Gasteiger charge is -2.34. The third-order valence-electron chi connectivity index (χ3n) is 9.17. The van der Waals surface area contributed by atoms with E-state index in [-0.39, 0.29) is 12.5 Å². The van der Waals surface area contributed by atoms with E-state index in [0.717, 1.165) is 63.7 Å². The first kappa shape index (κ1) is 29.9. The molecule has 0 bridgehead atoms. The van der Waals surface area contributed by atoms with Gasteiger partial charge >= 0.3 is 5.97 Å². The molecule has 0 radical (unpaired) electrons. The molecule has 1 aromatic heterocycles. The standard InChI is InChI=1S/C33H40N4O4S/c1-7-23-13-15-24-10-8-9-11-29(24)42(40,41)37(19-23)20-26-18-25(14-12-21(26)2)30(33(4,5)32(38)39)27-16-17-28-31(22(27)3)34-35-36(28)6/h8-12,14,16-18,23,30H,7,13,15,19-20H2,1-6H3,(H,38,39)/t23-,30-/m0/s1. The van der Waals surface area contributed by atoms with Crippen molar-refractivity contribution in [2.45, 2.75) is 71.2 Å². The lowest BCUT2D eigenvalue weighted by Crippen LogP contribution is -2.37. The molecule has 0 amide bonds. The number of aryl methyl sites for hydroxylation is 4. The summed E-state index contributed by atoms with van der Waals surface area (Å²) in [6.45, 7) is 10.2. The molecule has 1 N–H and O–H groups in total. The van der Waals surface area contributed by atoms with Crippen LogP contribution in [-0.2, 0) is 34.8 Å². The first-order valence-electron chi connectivity index (χ1n) is 14.6. The van der Waals surface area contributed by atoms with E-state index >= 15 is 0 Å². The zero-order valence-electron chi connectivity index (χ0n) is 25.3. The van der Waals surface area contributed by atoms with E-state index in [1.165, 1.54) is 0 Å². The van der Waals surface area contributed by atoms with Crippen molar-refractivity contribution in [2.24, 2.45) is 18.4 Å². The predicted molar refractivity (Wildman–Crippen MR) is 164 cm³/mol. The average molecular weight is 589 g/mol. The summed E-state index contributed by atoms with van der Waals surface area (Å²) in [4.78, 5) is 13.1. The molecule has 4 aromatic rings. The lowest BCUT2D eigenvalue weighted by atomic mass is 9.69. The highest BCUT2D eigenvalue weighted by molar-refractivity contribution is 7.89. The highest BCUT2D eigenvalue weighted by Crippen LogP contribution is 2.44. The molecule has 1 aliphatic rings. The molecule has 1 aliphatic heterocycles. The molecule has 0 spiro atoms. The quantitative estimate of drug-likeness (QED) is 0.284. The first-order valence-corrected chi connectivity index (χ1v) is 16.0. The Hall–Kier alpha value is -3.56. The Morgan fingerprint density at radius 3 is 2.57 bits per heavy atom. The van der Waals surface area contributed by atoms with Gasteiger partial charge in [0.25, 0.3) is 0 Å². The Kier molecular flexibility index (Phi) is 8.02. The SMILES string of the molecule is CC[C@H]1CCc2ccccc2S(=O)(=O)N(Cc2cc([C@@H](c3ccc4c(nnn4C)c3C)C(C)(C)C(=O)O)ccc2C)C1. The molecule has 5 rings (SSSR count). The van der Waals surface area contributed by atoms with Crippen LogP contribution in [0.2, 0.25) is 0 Å². The number of carboxylic acid groups (broad SMARTS) is 1. The number of hydrogen-bond acceptors (Lipinski definition) is 5. The summed E-state index contributed by atoms with van der Waals surface area (Å²) in [6.07, 6.45) is 2.57. The zero-order chi connectivity index (χ0) is 30.4. The zero-order valence-corrected chi connectivity index (χ0v) is 26.1. The van der Waals surface area contributed by atoms with Gasteiger partial charge in [-0.2, -0.15) is 4.31 Å². The molecule has 0 saturated heterocycles. The second-order valence-electron chi connectivity index (χ2n) is 12.2. The van der Waals surface area contributed by atoms with Gasteiger partial charge in [-0.1, -0.05) is 61.0 Å². The molecule has 42 heavy (non-hydrogen) atoms. The second-order valence-corrected chi connectivity index (χ2v) is 14.1. The number of fused-ring (bicyclic) bond motifs is 2. The minimum Gasteiger partial charge on any atom is -0.481 e. The molecule has 0 saturated carbocycles. The van der Waals surface area contributed by atoms with Gasteiger partial charge in [-0.25, -0.2) is 13.1 Å². The summed E-state index contributed by atoms with van der Waals surface area (Å²) in [5.74, 6) is -1.17. The summed E-state index contributed by atoms with van der Waals surface area (Å²) in [6, 6.07) is 17.2. The molecule has 0 fully saturated rings. The van der Waals surface area contributed by atoms with Gasteiger partial charge in [-0.3, -0.25) is 4.79 Å². The van der Waals surface area contributed by atoms with Crippen molar-refractivity contribution in [2.75, 3.05) is 6.54 Å². The molecule has 222 valence electrons. The Labute approximate surface area is 248 Å². The largest absolute Gasteiger partial charge is 0.481 e. The fourth-order valence-electron chi connectivity index (χ4n) is 6.32. The molecule has 0 aliphatic carbocycles. The number of benzene rings is 3. The number of rotatable bonds is 7. The smallest absolute Gasteiger partial charge is 0.310 e. The van der Waals surface area contributed by atoms with Crippen LogP contribution in [0.15, 0.2) is 59.5 Å². The van der Waals surface area contributed by atoms with Gasteiger partial charge in [0.05, 0.1) is 15.8 Å². The van der Waals surface area contributed by atoms with Crippen molar-refractivity contribution in [3.63, 3.8) is 0 Å². The van der Waals surface area contributed by atoms with Crippen LogP contribution in [0.1, 0.15) is 72.9 Å². The average Bonchev–Trinajstić information content (AvgIpc) is 3.33. The van der Waals surface area contributed by atoms with Gasteiger partial charge < -0.3 is 5.11 Å². The monoisotopic (exact) mass is 588 g/mol. The van der Waals surface area contributed by atoms with Crippen LogP contribution >= 0.6 is 0 Å². The number of sulfonamides is 1. The van der Waals surface area contributed by atoms with Crippen LogP contribution in [-0.4, -0.2) is 45.3 Å². The first-order chi connectivity index (χ1) is 19.9. The van der Waals surface area contributed by atoms with Crippen LogP contribution in [0.4, 0.5) is 0 Å². The van der Waals surface area contributed by atoms with Crippen LogP contribution in [0.25, 0.3) is 11.0 Å². The van der Waals surface area contributed by atoms with Gasteiger partial charge in [0, 0.05) is 26.1 Å². The van der Waals surface area contributed by atoms with Crippen LogP contribution < -0.4 is 0 Å². The van der Waals surface area contributed by atoms with E-state index in [0.29, 0.717) is 11.4 Å². The van der Waals surface area contributed by atoms with E-state index in [4.69, 9.17) is 0 Å². The Morgan fingerprint density at radius 1 is 1.12 bits per heavy atom. The van der Waals surface area contributed by atoms with Crippen LogP contribution in [0.3, 0.4) is 0 Å². The maximum absolute atomic E-state index is 14.0. The summed E-state index contributed by atoms with van der Waals surface area (Å²) < 4.78 is 31.4. The van der Waals surface area contributed by atoms with E-state index in [1.807, 2.05) is 63.4 Å². The third kappa shape index (κ3) is 5.24. The minimum absolute atomic E-state index is 0.217. The number of hydrogen-bond donors (Lipinski definition) is 1. The Bertz CT molecular complexity index is 1760. The Balaban J connectivity index is 1.62. The second kappa shape index (κ2) is 11.3. The number of carboxylic acids is 1. The number of aliphatic carboxylic acids is 1. The summed E-state index contributed by atoms with van der Waals surface area (Å²) in [5.41, 5.74) is 5.73. The molecular weight excluding hydrogens is 548 g/mol. The molecule has 8 nitrogen and oxygen atoms in total. The van der Waals surface area contributed by atoms with E-state index in [1.54, 1.807) is 35.0 Å². The highest BCUT2D eigenvalue weighted by Gasteiger charge is 2.40. The van der Waals surface area contributed by atoms with Crippen molar-refractivity contribution in [3.8, 4) is 0 Å². The molecule has 9 heteroatoms. The lowest BCUT2D eigenvalue weighted by molar-refractivity contribution is -0.147. The van der Waals surface area contributed by atoms with Gasteiger partial charge in [-0.15, -0.1) is 5.10 Å². The number of nitrogens with zero attached hydrogens (tertiary/aromatic N) is 4. The fourth-order valence-corrected chi connectivity index (χ4v) is 8.07. The fraction of sp³-hybridized carbons (Fsp3) is 0.424. The molecule has 2 atom stereocenters. The van der Waals surface area contributed by atoms with Crippen molar-refractivity contribution in [3.05, 3.63) is 88.0 Å². The summed E-state index contributed by atoms with van der Waals surface area (Å²) in [5, 5.41) is 18.9. The number of carbonyl (C=O) groups is 1. The van der Waals surface area contributed by atoms with Crippen molar-refractivity contribution in [1.29, 1.82) is 0 Å². The van der Waals surface area contributed by atoms with E-state index < -0.39 is 27.3 Å². The third-order valence-corrected chi connectivity index (χ3v) is 11.1. The summed E-state index contributed by atoms with van der Waals surface area (Å²) >= 11 is 0. The van der Waals surface area contributed by atoms with Gasteiger partial charge in [-0.05, 0) is 92.0 Å². The van der Waals surface area contributed by atoms with E-state index in [2.05, 4.69) is 17.2 Å². The molecule has 0 unspecified atom stereocenters. The normalized spacial score (nSPS) is 18.3. The van der Waals surface area contributed by atoms with Crippen LogP contribution in [0.5, 0.6) is 0 Å². The van der Waals surface area contributed by atoms with Crippen molar-refractivity contribution in [1.82, 2.24) is 19.3 Å².